The molecule has 0 saturated carbocycles. The van der Waals surface area contributed by atoms with Crippen molar-refractivity contribution in [1.82, 2.24) is 5.32 Å². The van der Waals surface area contributed by atoms with Crippen LogP contribution in [-0.4, -0.2) is 25.0 Å². The summed E-state index contributed by atoms with van der Waals surface area (Å²) in [5, 5.41) is 13.1. The molecule has 80 valence electrons. The lowest BCUT2D eigenvalue weighted by molar-refractivity contribution is -0.386. The molecule has 0 aliphatic carbocycles. The van der Waals surface area contributed by atoms with Crippen molar-refractivity contribution in [2.45, 2.75) is 0 Å². The number of benzene rings is 1. The fourth-order valence-electron chi connectivity index (χ4n) is 1.19. The number of nitrogens with one attached hydrogen (secondary N) is 1. The fraction of sp³-hybridized carbons (Fsp3) is 0.222. The van der Waals surface area contributed by atoms with E-state index in [0.29, 0.717) is 0 Å². The van der Waals surface area contributed by atoms with Crippen molar-refractivity contribution in [1.29, 1.82) is 0 Å². The summed E-state index contributed by atoms with van der Waals surface area (Å²) in [5.41, 5.74) is -0.332. The predicted molar refractivity (Wildman–Crippen MR) is 53.0 cm³/mol. The number of para-hydroxylation sites is 1. The first-order valence-corrected chi connectivity index (χ1v) is 4.15. The Hall–Kier alpha value is -2.11. The van der Waals surface area contributed by atoms with Crippen LogP contribution in [0.5, 0.6) is 5.75 Å². The first-order chi connectivity index (χ1) is 7.11. The average molecular weight is 210 g/mol. The molecular weight excluding hydrogens is 200 g/mol. The van der Waals surface area contributed by atoms with Gasteiger partial charge in [0.15, 0.2) is 5.75 Å². The van der Waals surface area contributed by atoms with Gasteiger partial charge in [-0.3, -0.25) is 14.9 Å². The molecule has 0 heterocycles. The Morgan fingerprint density at radius 2 is 2.20 bits per heavy atom. The number of nitro benzene ring substituents is 1. The molecule has 6 heteroatoms. The maximum atomic E-state index is 11.3. The molecule has 0 unspecified atom stereocenters. The fourth-order valence-corrected chi connectivity index (χ4v) is 1.19. The standard InChI is InChI=1S/C9H10N2O4/c1-10-9(12)6-4-3-5-7(15-2)8(6)11(13)14/h3-5H,1-2H3,(H,10,12). The van der Waals surface area contributed by atoms with Crippen molar-refractivity contribution in [2.75, 3.05) is 14.2 Å². The highest BCUT2D eigenvalue weighted by Gasteiger charge is 2.24. The second-order valence-corrected chi connectivity index (χ2v) is 2.69. The summed E-state index contributed by atoms with van der Waals surface area (Å²) in [5.74, 6) is -0.443. The van der Waals surface area contributed by atoms with Crippen LogP contribution in [0.4, 0.5) is 5.69 Å². The summed E-state index contributed by atoms with van der Waals surface area (Å²) in [4.78, 5) is 21.5. The number of rotatable bonds is 3. The van der Waals surface area contributed by atoms with Gasteiger partial charge in [-0.15, -0.1) is 0 Å². The number of methoxy groups -OCH3 is 1. The predicted octanol–water partition coefficient (Wildman–Crippen LogP) is 0.963. The summed E-state index contributed by atoms with van der Waals surface area (Å²) in [6.45, 7) is 0. The minimum Gasteiger partial charge on any atom is -0.490 e. The van der Waals surface area contributed by atoms with Crippen LogP contribution in [0.15, 0.2) is 18.2 Å². The molecule has 1 amide bonds. The number of carbonyl (C=O) groups is 1. The highest BCUT2D eigenvalue weighted by Crippen LogP contribution is 2.30. The van der Waals surface area contributed by atoms with E-state index in [9.17, 15) is 14.9 Å². The minimum atomic E-state index is -0.636. The molecule has 0 aromatic heterocycles. The van der Waals surface area contributed by atoms with Crippen LogP contribution in [0.3, 0.4) is 0 Å². The number of nitro groups is 1. The third kappa shape index (κ3) is 2.04. The topological polar surface area (TPSA) is 81.5 Å². The molecule has 1 N–H and O–H groups in total. The van der Waals surface area contributed by atoms with Gasteiger partial charge in [-0.05, 0) is 12.1 Å². The van der Waals surface area contributed by atoms with Crippen LogP contribution in [0, 0.1) is 10.1 Å². The van der Waals surface area contributed by atoms with E-state index in [1.807, 2.05) is 0 Å². The summed E-state index contributed by atoms with van der Waals surface area (Å²) >= 11 is 0. The Kier molecular flexibility index (Phi) is 3.22. The molecule has 0 radical (unpaired) electrons. The Balaban J connectivity index is 3.38. The first-order valence-electron chi connectivity index (χ1n) is 4.15. The smallest absolute Gasteiger partial charge is 0.323 e. The second-order valence-electron chi connectivity index (χ2n) is 2.69. The van der Waals surface area contributed by atoms with Crippen LogP contribution in [0.25, 0.3) is 0 Å². The van der Waals surface area contributed by atoms with Crippen LogP contribution in [0.1, 0.15) is 10.4 Å². The Labute approximate surface area is 86.0 Å². The van der Waals surface area contributed by atoms with Gasteiger partial charge in [0.1, 0.15) is 5.56 Å². The maximum absolute atomic E-state index is 11.3. The van der Waals surface area contributed by atoms with Crippen LogP contribution in [-0.2, 0) is 0 Å². The SMILES string of the molecule is CNC(=O)c1cccc(OC)c1[N+](=O)[O-]. The molecule has 0 saturated heterocycles. The van der Waals surface area contributed by atoms with Gasteiger partial charge >= 0.3 is 5.69 Å². The molecule has 0 fully saturated rings. The molecule has 15 heavy (non-hydrogen) atoms. The molecule has 0 bridgehead atoms. The monoisotopic (exact) mass is 210 g/mol. The summed E-state index contributed by atoms with van der Waals surface area (Å²) < 4.78 is 4.82. The molecule has 0 aliphatic rings. The number of nitrogens with zero attached hydrogens (tertiary/aromatic N) is 1. The van der Waals surface area contributed by atoms with E-state index in [4.69, 9.17) is 4.74 Å². The van der Waals surface area contributed by atoms with E-state index >= 15 is 0 Å². The van der Waals surface area contributed by atoms with Gasteiger partial charge in [-0.25, -0.2) is 0 Å². The van der Waals surface area contributed by atoms with E-state index in [-0.39, 0.29) is 17.0 Å². The number of hydrogen-bond acceptors (Lipinski definition) is 4. The summed E-state index contributed by atoms with van der Waals surface area (Å²) in [7, 11) is 2.72. The Bertz CT molecular complexity index is 403. The molecule has 0 aliphatic heterocycles. The average Bonchev–Trinajstić information content (AvgIpc) is 2.26. The first kappa shape index (κ1) is 11.0. The molecule has 6 nitrogen and oxygen atoms in total. The van der Waals surface area contributed by atoms with Gasteiger partial charge < -0.3 is 10.1 Å². The number of carbonyl (C=O) groups excluding carboxylic acids is 1. The lowest BCUT2D eigenvalue weighted by atomic mass is 10.1. The van der Waals surface area contributed by atoms with Gasteiger partial charge in [-0.2, -0.15) is 0 Å². The van der Waals surface area contributed by atoms with E-state index < -0.39 is 10.8 Å². The lowest BCUT2D eigenvalue weighted by Gasteiger charge is -2.05. The summed E-state index contributed by atoms with van der Waals surface area (Å²) in [6.07, 6.45) is 0. The molecule has 1 aromatic carbocycles. The Morgan fingerprint density at radius 1 is 1.53 bits per heavy atom. The zero-order valence-electron chi connectivity index (χ0n) is 8.31. The van der Waals surface area contributed by atoms with Crippen molar-refractivity contribution in [2.24, 2.45) is 0 Å². The van der Waals surface area contributed by atoms with Crippen molar-refractivity contribution in [3.63, 3.8) is 0 Å². The van der Waals surface area contributed by atoms with E-state index in [1.54, 1.807) is 0 Å². The van der Waals surface area contributed by atoms with Crippen molar-refractivity contribution in [3.8, 4) is 5.75 Å². The van der Waals surface area contributed by atoms with Crippen LogP contribution >= 0.6 is 0 Å². The quantitative estimate of drug-likeness (QED) is 0.595. The van der Waals surface area contributed by atoms with Gasteiger partial charge in [0.05, 0.1) is 12.0 Å². The number of hydrogen-bond donors (Lipinski definition) is 1. The van der Waals surface area contributed by atoms with Crippen molar-refractivity contribution >= 4 is 11.6 Å². The van der Waals surface area contributed by atoms with E-state index in [2.05, 4.69) is 5.32 Å². The van der Waals surface area contributed by atoms with Crippen LogP contribution in [0.2, 0.25) is 0 Å². The van der Waals surface area contributed by atoms with Gasteiger partial charge in [0, 0.05) is 7.05 Å². The highest BCUT2D eigenvalue weighted by molar-refractivity contribution is 5.99. The van der Waals surface area contributed by atoms with Crippen molar-refractivity contribution in [3.05, 3.63) is 33.9 Å². The van der Waals surface area contributed by atoms with Crippen LogP contribution < -0.4 is 10.1 Å². The van der Waals surface area contributed by atoms with Gasteiger partial charge in [0.2, 0.25) is 0 Å². The van der Waals surface area contributed by atoms with E-state index in [1.165, 1.54) is 32.4 Å². The number of ether oxygens (including phenoxy) is 1. The largest absolute Gasteiger partial charge is 0.490 e. The zero-order chi connectivity index (χ0) is 11.4. The normalized spacial score (nSPS) is 9.47. The number of amides is 1. The lowest BCUT2D eigenvalue weighted by Crippen LogP contribution is -2.19. The zero-order valence-corrected chi connectivity index (χ0v) is 8.31. The molecule has 1 aromatic rings. The maximum Gasteiger partial charge on any atom is 0.323 e. The summed E-state index contributed by atoms with van der Waals surface area (Å²) in [6, 6.07) is 4.33. The van der Waals surface area contributed by atoms with E-state index in [0.717, 1.165) is 0 Å². The second kappa shape index (κ2) is 4.41. The van der Waals surface area contributed by atoms with Gasteiger partial charge in [-0.1, -0.05) is 6.07 Å². The highest BCUT2D eigenvalue weighted by atomic mass is 16.6. The third-order valence-corrected chi connectivity index (χ3v) is 1.87. The molecular formula is C9H10N2O4. The van der Waals surface area contributed by atoms with Crippen molar-refractivity contribution < 1.29 is 14.5 Å². The molecule has 0 atom stereocenters. The van der Waals surface area contributed by atoms with Gasteiger partial charge in [0.25, 0.3) is 5.91 Å². The third-order valence-electron chi connectivity index (χ3n) is 1.87. The molecule has 0 spiro atoms. The Morgan fingerprint density at radius 3 is 2.67 bits per heavy atom. The molecule has 1 rings (SSSR count). The minimum absolute atomic E-state index is 0.0122.